The van der Waals surface area contributed by atoms with Crippen LogP contribution in [0, 0.1) is 5.92 Å². The van der Waals surface area contributed by atoms with E-state index in [0.29, 0.717) is 11.3 Å². The summed E-state index contributed by atoms with van der Waals surface area (Å²) in [6, 6.07) is 1.52. The van der Waals surface area contributed by atoms with Gasteiger partial charge in [-0.05, 0) is 44.6 Å². The van der Waals surface area contributed by atoms with Crippen LogP contribution in [0.4, 0.5) is 0 Å². The van der Waals surface area contributed by atoms with Gasteiger partial charge < -0.3 is 10.2 Å². The molecular formula is C15H27N3S. The minimum absolute atomic E-state index is 0.670. The molecule has 3 unspecified atom stereocenters. The topological polar surface area (TPSA) is 27.6 Å². The average molecular weight is 281 g/mol. The second-order valence-electron chi connectivity index (χ2n) is 6.71. The van der Waals surface area contributed by atoms with Crippen molar-refractivity contribution in [3.63, 3.8) is 0 Å². The normalized spacial score (nSPS) is 35.5. The molecule has 19 heavy (non-hydrogen) atoms. The summed E-state index contributed by atoms with van der Waals surface area (Å²) >= 11 is 1.98. The van der Waals surface area contributed by atoms with Crippen molar-refractivity contribution in [1.82, 2.24) is 10.2 Å². The zero-order valence-corrected chi connectivity index (χ0v) is 13.1. The molecule has 2 saturated heterocycles. The molecule has 0 aliphatic carbocycles. The summed E-state index contributed by atoms with van der Waals surface area (Å²) in [5, 5.41) is 5.66. The second-order valence-corrected chi connectivity index (χ2v) is 8.00. The maximum atomic E-state index is 4.70. The highest BCUT2D eigenvalue weighted by Crippen LogP contribution is 2.29. The molecule has 4 heteroatoms. The first-order chi connectivity index (χ1) is 9.20. The SMILES string of the molecule is CC(C)CC1CN=C(NC2CCN3CCCC3C2)S1. The molecule has 0 spiro atoms. The molecule has 3 aliphatic rings. The van der Waals surface area contributed by atoms with E-state index in [1.54, 1.807) is 0 Å². The fourth-order valence-electron chi connectivity index (χ4n) is 3.68. The minimum atomic E-state index is 0.670. The third-order valence-electron chi connectivity index (χ3n) is 4.60. The first kappa shape index (κ1) is 13.7. The molecule has 0 bridgehead atoms. The predicted octanol–water partition coefficient (Wildman–Crippen LogP) is 2.72. The lowest BCUT2D eigenvalue weighted by molar-refractivity contribution is 0.175. The number of piperidine rings is 1. The molecule has 0 aromatic carbocycles. The van der Waals surface area contributed by atoms with E-state index in [4.69, 9.17) is 4.99 Å². The molecule has 108 valence electrons. The van der Waals surface area contributed by atoms with Crippen LogP contribution in [0.5, 0.6) is 0 Å². The van der Waals surface area contributed by atoms with E-state index in [-0.39, 0.29) is 0 Å². The van der Waals surface area contributed by atoms with Gasteiger partial charge in [-0.25, -0.2) is 0 Å². The molecule has 0 amide bonds. The Morgan fingerprint density at radius 2 is 2.26 bits per heavy atom. The fraction of sp³-hybridized carbons (Fsp3) is 0.933. The average Bonchev–Trinajstić information content (AvgIpc) is 2.97. The largest absolute Gasteiger partial charge is 0.362 e. The maximum Gasteiger partial charge on any atom is 0.157 e. The van der Waals surface area contributed by atoms with E-state index in [0.717, 1.165) is 18.5 Å². The molecule has 1 N–H and O–H groups in total. The highest BCUT2D eigenvalue weighted by Gasteiger charge is 2.32. The van der Waals surface area contributed by atoms with Crippen molar-refractivity contribution in [1.29, 1.82) is 0 Å². The van der Waals surface area contributed by atoms with Gasteiger partial charge in [-0.2, -0.15) is 0 Å². The van der Waals surface area contributed by atoms with Gasteiger partial charge >= 0.3 is 0 Å². The van der Waals surface area contributed by atoms with Crippen molar-refractivity contribution in [2.45, 2.75) is 63.3 Å². The molecule has 0 radical (unpaired) electrons. The van der Waals surface area contributed by atoms with Crippen LogP contribution in [0.25, 0.3) is 0 Å². The summed E-state index contributed by atoms with van der Waals surface area (Å²) in [5.41, 5.74) is 0. The zero-order chi connectivity index (χ0) is 13.2. The van der Waals surface area contributed by atoms with E-state index < -0.39 is 0 Å². The van der Waals surface area contributed by atoms with Gasteiger partial charge in [0.25, 0.3) is 0 Å². The molecule has 0 saturated carbocycles. The van der Waals surface area contributed by atoms with Crippen molar-refractivity contribution in [3.05, 3.63) is 0 Å². The monoisotopic (exact) mass is 281 g/mol. The molecule has 3 heterocycles. The minimum Gasteiger partial charge on any atom is -0.362 e. The van der Waals surface area contributed by atoms with Crippen molar-refractivity contribution in [2.24, 2.45) is 10.9 Å². The van der Waals surface area contributed by atoms with Crippen LogP contribution < -0.4 is 5.32 Å². The Morgan fingerprint density at radius 3 is 3.11 bits per heavy atom. The number of hydrogen-bond acceptors (Lipinski definition) is 4. The number of rotatable bonds is 3. The quantitative estimate of drug-likeness (QED) is 0.862. The van der Waals surface area contributed by atoms with Gasteiger partial charge in [-0.1, -0.05) is 25.6 Å². The number of amidine groups is 1. The molecule has 0 aromatic heterocycles. The molecule has 3 aliphatic heterocycles. The molecule has 2 fully saturated rings. The van der Waals surface area contributed by atoms with E-state index in [1.165, 1.54) is 50.4 Å². The predicted molar refractivity (Wildman–Crippen MR) is 83.9 cm³/mol. The third-order valence-corrected chi connectivity index (χ3v) is 5.74. The lowest BCUT2D eigenvalue weighted by Gasteiger charge is -2.35. The van der Waals surface area contributed by atoms with Crippen LogP contribution in [-0.2, 0) is 0 Å². The molecule has 3 atom stereocenters. The van der Waals surface area contributed by atoms with E-state index in [1.807, 2.05) is 11.8 Å². The summed E-state index contributed by atoms with van der Waals surface area (Å²) in [4.78, 5) is 7.39. The Morgan fingerprint density at radius 1 is 1.37 bits per heavy atom. The number of nitrogens with zero attached hydrogens (tertiary/aromatic N) is 2. The zero-order valence-electron chi connectivity index (χ0n) is 12.3. The van der Waals surface area contributed by atoms with Crippen LogP contribution in [0.1, 0.15) is 46.0 Å². The molecule has 0 aromatic rings. The van der Waals surface area contributed by atoms with Gasteiger partial charge in [0.2, 0.25) is 0 Å². The third kappa shape index (κ3) is 3.46. The van der Waals surface area contributed by atoms with Crippen LogP contribution in [0.2, 0.25) is 0 Å². The standard InChI is InChI=1S/C15H27N3S/c1-11(2)8-14-10-16-15(19-14)17-12-5-7-18-6-3-4-13(18)9-12/h11-14H,3-10H2,1-2H3,(H,16,17). The van der Waals surface area contributed by atoms with Crippen molar-refractivity contribution < 1.29 is 0 Å². The van der Waals surface area contributed by atoms with E-state index in [2.05, 4.69) is 24.1 Å². The highest BCUT2D eigenvalue weighted by molar-refractivity contribution is 8.14. The lowest BCUT2D eigenvalue weighted by Crippen LogP contribution is -2.46. The van der Waals surface area contributed by atoms with Gasteiger partial charge in [-0.3, -0.25) is 4.99 Å². The maximum absolute atomic E-state index is 4.70. The number of nitrogens with one attached hydrogen (secondary N) is 1. The van der Waals surface area contributed by atoms with Gasteiger partial charge in [-0.15, -0.1) is 0 Å². The second kappa shape index (κ2) is 6.04. The number of thioether (sulfide) groups is 1. The van der Waals surface area contributed by atoms with Crippen LogP contribution in [-0.4, -0.2) is 47.0 Å². The van der Waals surface area contributed by atoms with E-state index >= 15 is 0 Å². The summed E-state index contributed by atoms with van der Waals surface area (Å²) in [6.07, 6.45) is 6.73. The lowest BCUT2D eigenvalue weighted by atomic mass is 9.98. The van der Waals surface area contributed by atoms with Crippen molar-refractivity contribution >= 4 is 16.9 Å². The van der Waals surface area contributed by atoms with Gasteiger partial charge in [0.15, 0.2) is 5.17 Å². The van der Waals surface area contributed by atoms with E-state index in [9.17, 15) is 0 Å². The number of fused-ring (bicyclic) bond motifs is 1. The Balaban J connectivity index is 1.45. The van der Waals surface area contributed by atoms with Crippen LogP contribution >= 0.6 is 11.8 Å². The Labute approximate surface area is 121 Å². The van der Waals surface area contributed by atoms with Crippen molar-refractivity contribution in [3.8, 4) is 0 Å². The van der Waals surface area contributed by atoms with Crippen molar-refractivity contribution in [2.75, 3.05) is 19.6 Å². The van der Waals surface area contributed by atoms with Gasteiger partial charge in [0.05, 0.1) is 6.54 Å². The Hall–Kier alpha value is -0.220. The molecule has 3 rings (SSSR count). The number of hydrogen-bond donors (Lipinski definition) is 1. The van der Waals surface area contributed by atoms with Gasteiger partial charge in [0.1, 0.15) is 0 Å². The van der Waals surface area contributed by atoms with Crippen LogP contribution in [0.15, 0.2) is 4.99 Å². The summed E-state index contributed by atoms with van der Waals surface area (Å²) in [6.45, 7) is 8.26. The molecular weight excluding hydrogens is 254 g/mol. The fourth-order valence-corrected chi connectivity index (χ4v) is 5.01. The smallest absolute Gasteiger partial charge is 0.157 e. The summed E-state index contributed by atoms with van der Waals surface area (Å²) in [7, 11) is 0. The summed E-state index contributed by atoms with van der Waals surface area (Å²) < 4.78 is 0. The number of aliphatic imine (C=N–C) groups is 1. The van der Waals surface area contributed by atoms with Crippen LogP contribution in [0.3, 0.4) is 0 Å². The first-order valence-electron chi connectivity index (χ1n) is 7.92. The molecule has 3 nitrogen and oxygen atoms in total. The first-order valence-corrected chi connectivity index (χ1v) is 8.80. The summed E-state index contributed by atoms with van der Waals surface area (Å²) in [5.74, 6) is 0.786. The Kier molecular flexibility index (Phi) is 4.37. The Bertz CT molecular complexity index is 342. The van der Waals surface area contributed by atoms with Gasteiger partial charge in [0, 0.05) is 23.9 Å². The highest BCUT2D eigenvalue weighted by atomic mass is 32.2.